The smallest absolute Gasteiger partial charge is 0.213 e. The van der Waals surface area contributed by atoms with Crippen LogP contribution in [0.15, 0.2) is 23.3 Å². The Kier molecular flexibility index (Phi) is 8.68. The van der Waals surface area contributed by atoms with Gasteiger partial charge in [0.1, 0.15) is 0 Å². The highest BCUT2D eigenvalue weighted by molar-refractivity contribution is 5.79. The van der Waals surface area contributed by atoms with Gasteiger partial charge in [-0.1, -0.05) is 12.8 Å². The first-order valence-corrected chi connectivity index (χ1v) is 9.80. The van der Waals surface area contributed by atoms with Crippen LogP contribution in [0.3, 0.4) is 0 Å². The summed E-state index contributed by atoms with van der Waals surface area (Å²) in [6, 6.07) is 3.93. The van der Waals surface area contributed by atoms with Gasteiger partial charge in [-0.2, -0.15) is 0 Å². The number of aliphatic imine (C=N–C) groups is 1. The van der Waals surface area contributed by atoms with Gasteiger partial charge in [-0.05, 0) is 50.2 Å². The van der Waals surface area contributed by atoms with Gasteiger partial charge in [0.2, 0.25) is 5.88 Å². The molecule has 1 aliphatic carbocycles. The summed E-state index contributed by atoms with van der Waals surface area (Å²) < 4.78 is 10.8. The fourth-order valence-electron chi connectivity index (χ4n) is 3.52. The third kappa shape index (κ3) is 6.48. The molecule has 0 bridgehead atoms. The summed E-state index contributed by atoms with van der Waals surface area (Å²) in [6.07, 6.45) is 8.05. The third-order valence-electron chi connectivity index (χ3n) is 4.99. The number of pyridine rings is 1. The number of hydrogen-bond donors (Lipinski definition) is 2. The van der Waals surface area contributed by atoms with E-state index < -0.39 is 0 Å². The summed E-state index contributed by atoms with van der Waals surface area (Å²) in [4.78, 5) is 8.94. The van der Waals surface area contributed by atoms with Gasteiger partial charge in [0.25, 0.3) is 0 Å². The van der Waals surface area contributed by atoms with E-state index in [0.717, 1.165) is 37.6 Å². The molecule has 0 aliphatic heterocycles. The van der Waals surface area contributed by atoms with E-state index in [9.17, 15) is 0 Å². The van der Waals surface area contributed by atoms with Crippen molar-refractivity contribution in [3.63, 3.8) is 0 Å². The Hall–Kier alpha value is -1.82. The van der Waals surface area contributed by atoms with Crippen LogP contribution < -0.4 is 15.4 Å². The Balaban J connectivity index is 1.96. The monoisotopic (exact) mass is 362 g/mol. The van der Waals surface area contributed by atoms with E-state index >= 15 is 0 Å². The van der Waals surface area contributed by atoms with Crippen molar-refractivity contribution in [2.24, 2.45) is 10.4 Å². The SMILES string of the molecule is CCNC(=NCc1ccnc(OCC)c1)NCC1(CCOC)CCCC1. The minimum absolute atomic E-state index is 0.338. The van der Waals surface area contributed by atoms with Crippen molar-refractivity contribution in [2.75, 3.05) is 33.4 Å². The van der Waals surface area contributed by atoms with E-state index in [1.807, 2.05) is 19.1 Å². The lowest BCUT2D eigenvalue weighted by Gasteiger charge is -2.30. The summed E-state index contributed by atoms with van der Waals surface area (Å²) in [7, 11) is 1.78. The fourth-order valence-corrected chi connectivity index (χ4v) is 3.52. The number of rotatable bonds is 10. The van der Waals surface area contributed by atoms with E-state index in [0.29, 0.717) is 24.4 Å². The highest BCUT2D eigenvalue weighted by Crippen LogP contribution is 2.40. The van der Waals surface area contributed by atoms with Crippen molar-refractivity contribution in [1.29, 1.82) is 0 Å². The number of hydrogen-bond acceptors (Lipinski definition) is 4. The molecule has 0 saturated heterocycles. The van der Waals surface area contributed by atoms with Gasteiger partial charge in [0.15, 0.2) is 5.96 Å². The van der Waals surface area contributed by atoms with E-state index in [1.165, 1.54) is 25.7 Å². The van der Waals surface area contributed by atoms with E-state index in [2.05, 4.69) is 22.5 Å². The first kappa shape index (κ1) is 20.5. The van der Waals surface area contributed by atoms with Crippen LogP contribution in [0.2, 0.25) is 0 Å². The molecule has 26 heavy (non-hydrogen) atoms. The lowest BCUT2D eigenvalue weighted by atomic mass is 9.83. The maximum Gasteiger partial charge on any atom is 0.213 e. The molecule has 0 spiro atoms. The summed E-state index contributed by atoms with van der Waals surface area (Å²) in [5, 5.41) is 6.91. The lowest BCUT2D eigenvalue weighted by molar-refractivity contribution is 0.138. The second-order valence-corrected chi connectivity index (χ2v) is 6.93. The summed E-state index contributed by atoms with van der Waals surface area (Å²) in [6.45, 7) is 7.89. The fraction of sp³-hybridized carbons (Fsp3) is 0.700. The largest absolute Gasteiger partial charge is 0.478 e. The highest BCUT2D eigenvalue weighted by Gasteiger charge is 2.33. The summed E-state index contributed by atoms with van der Waals surface area (Å²) in [5.74, 6) is 1.52. The molecule has 2 N–H and O–H groups in total. The molecule has 6 heteroatoms. The van der Waals surface area contributed by atoms with Crippen LogP contribution in [0.5, 0.6) is 5.88 Å². The van der Waals surface area contributed by atoms with Gasteiger partial charge in [0.05, 0.1) is 13.2 Å². The minimum Gasteiger partial charge on any atom is -0.478 e. The van der Waals surface area contributed by atoms with Crippen LogP contribution in [0.4, 0.5) is 0 Å². The zero-order chi connectivity index (χ0) is 18.7. The molecular weight excluding hydrogens is 328 g/mol. The van der Waals surface area contributed by atoms with Crippen molar-refractivity contribution in [3.8, 4) is 5.88 Å². The molecule has 1 aliphatic rings. The van der Waals surface area contributed by atoms with Crippen molar-refractivity contribution in [1.82, 2.24) is 15.6 Å². The Bertz CT molecular complexity index is 556. The van der Waals surface area contributed by atoms with Crippen LogP contribution in [0.1, 0.15) is 51.5 Å². The zero-order valence-corrected chi connectivity index (χ0v) is 16.5. The lowest BCUT2D eigenvalue weighted by Crippen LogP contribution is -2.43. The average Bonchev–Trinajstić information content (AvgIpc) is 3.12. The predicted octanol–water partition coefficient (Wildman–Crippen LogP) is 3.13. The Morgan fingerprint density at radius 1 is 1.27 bits per heavy atom. The number of methoxy groups -OCH3 is 1. The van der Waals surface area contributed by atoms with Crippen molar-refractivity contribution >= 4 is 5.96 Å². The number of aromatic nitrogens is 1. The van der Waals surface area contributed by atoms with Crippen LogP contribution in [0, 0.1) is 5.41 Å². The molecule has 6 nitrogen and oxygen atoms in total. The predicted molar refractivity (Wildman–Crippen MR) is 106 cm³/mol. The maximum atomic E-state index is 5.46. The van der Waals surface area contributed by atoms with Gasteiger partial charge in [-0.3, -0.25) is 0 Å². The summed E-state index contributed by atoms with van der Waals surface area (Å²) >= 11 is 0. The van der Waals surface area contributed by atoms with Crippen LogP contribution in [-0.2, 0) is 11.3 Å². The maximum absolute atomic E-state index is 5.46. The Labute approximate surface area is 157 Å². The van der Waals surface area contributed by atoms with E-state index in [4.69, 9.17) is 14.5 Å². The number of nitrogens with zero attached hydrogens (tertiary/aromatic N) is 2. The molecule has 1 fully saturated rings. The third-order valence-corrected chi connectivity index (χ3v) is 4.99. The molecule has 1 aromatic heterocycles. The van der Waals surface area contributed by atoms with Gasteiger partial charge >= 0.3 is 0 Å². The number of guanidine groups is 1. The molecule has 0 radical (unpaired) electrons. The van der Waals surface area contributed by atoms with E-state index in [1.54, 1.807) is 13.3 Å². The van der Waals surface area contributed by atoms with Gasteiger partial charge in [-0.25, -0.2) is 9.98 Å². The average molecular weight is 363 g/mol. The molecule has 2 rings (SSSR count). The quantitative estimate of drug-likeness (QED) is 0.494. The summed E-state index contributed by atoms with van der Waals surface area (Å²) in [5.41, 5.74) is 1.43. The number of nitrogens with one attached hydrogen (secondary N) is 2. The molecular formula is C20H34N4O2. The van der Waals surface area contributed by atoms with Crippen LogP contribution >= 0.6 is 0 Å². The topological polar surface area (TPSA) is 67.8 Å². The molecule has 0 atom stereocenters. The van der Waals surface area contributed by atoms with Crippen LogP contribution in [0.25, 0.3) is 0 Å². The molecule has 1 aromatic rings. The second kappa shape index (κ2) is 11.0. The molecule has 0 aromatic carbocycles. The second-order valence-electron chi connectivity index (χ2n) is 6.93. The minimum atomic E-state index is 0.338. The molecule has 1 heterocycles. The zero-order valence-electron chi connectivity index (χ0n) is 16.5. The van der Waals surface area contributed by atoms with Gasteiger partial charge in [0, 0.05) is 39.1 Å². The molecule has 146 valence electrons. The van der Waals surface area contributed by atoms with Crippen molar-refractivity contribution in [3.05, 3.63) is 23.9 Å². The first-order chi connectivity index (χ1) is 12.7. The molecule has 0 amide bonds. The highest BCUT2D eigenvalue weighted by atomic mass is 16.5. The first-order valence-electron chi connectivity index (χ1n) is 9.80. The van der Waals surface area contributed by atoms with Crippen molar-refractivity contribution < 1.29 is 9.47 Å². The number of ether oxygens (including phenoxy) is 2. The molecule has 0 unspecified atom stereocenters. The Morgan fingerprint density at radius 2 is 2.08 bits per heavy atom. The van der Waals surface area contributed by atoms with Gasteiger partial charge < -0.3 is 20.1 Å². The standard InChI is InChI=1S/C20H34N4O2/c1-4-21-19(23-15-17-8-12-22-18(14-17)26-5-2)24-16-20(11-13-25-3)9-6-7-10-20/h8,12,14H,4-7,9-11,13,15-16H2,1-3H3,(H2,21,23,24). The van der Waals surface area contributed by atoms with E-state index in [-0.39, 0.29) is 0 Å². The normalized spacial score (nSPS) is 16.5. The Morgan fingerprint density at radius 3 is 2.77 bits per heavy atom. The van der Waals surface area contributed by atoms with Gasteiger partial charge in [-0.15, -0.1) is 0 Å². The molecule has 1 saturated carbocycles. The van der Waals surface area contributed by atoms with Crippen LogP contribution in [-0.4, -0.2) is 44.4 Å². The van der Waals surface area contributed by atoms with Crippen molar-refractivity contribution in [2.45, 2.75) is 52.5 Å².